The van der Waals surface area contributed by atoms with Crippen LogP contribution >= 0.6 is 0 Å². The highest BCUT2D eigenvalue weighted by Crippen LogP contribution is 2.26. The molecule has 2 aromatic carbocycles. The molecule has 0 unspecified atom stereocenters. The van der Waals surface area contributed by atoms with Crippen LogP contribution in [0.25, 0.3) is 5.69 Å². The topological polar surface area (TPSA) is 67.4 Å². The quantitative estimate of drug-likeness (QED) is 0.442. The molecule has 5 rings (SSSR count). The third kappa shape index (κ3) is 4.70. The Morgan fingerprint density at radius 2 is 1.82 bits per heavy atom. The Balaban J connectivity index is 1.36. The number of aromatic nitrogens is 3. The zero-order valence-electron chi connectivity index (χ0n) is 18.0. The third-order valence-corrected chi connectivity index (χ3v) is 5.95. The molecule has 1 saturated heterocycles. The first-order valence-corrected chi connectivity index (χ1v) is 11.0. The van der Waals surface area contributed by atoms with E-state index in [-0.39, 0.29) is 23.5 Å². The van der Waals surface area contributed by atoms with E-state index in [4.69, 9.17) is 4.42 Å². The van der Waals surface area contributed by atoms with Crippen LogP contribution in [-0.4, -0.2) is 44.7 Å². The maximum atomic E-state index is 13.3. The van der Waals surface area contributed by atoms with Crippen molar-refractivity contribution in [1.82, 2.24) is 19.7 Å². The lowest BCUT2D eigenvalue weighted by Crippen LogP contribution is -2.47. The lowest BCUT2D eigenvalue weighted by Gasteiger charge is -2.37. The third-order valence-electron chi connectivity index (χ3n) is 5.95. The summed E-state index contributed by atoms with van der Waals surface area (Å²) >= 11 is 0. The van der Waals surface area contributed by atoms with Gasteiger partial charge in [-0.15, -0.1) is 5.10 Å². The minimum atomic E-state index is -0.310. The molecular weight excluding hydrogens is 421 g/mol. The second-order valence-corrected chi connectivity index (χ2v) is 8.13. The van der Waals surface area contributed by atoms with Crippen molar-refractivity contribution >= 4 is 11.7 Å². The molecule has 33 heavy (non-hydrogen) atoms. The van der Waals surface area contributed by atoms with Crippen LogP contribution < -0.4 is 4.90 Å². The van der Waals surface area contributed by atoms with Gasteiger partial charge in [0.15, 0.2) is 12.2 Å². The van der Waals surface area contributed by atoms with E-state index < -0.39 is 0 Å². The molecule has 2 aromatic heterocycles. The highest BCUT2D eigenvalue weighted by atomic mass is 19.1. The fourth-order valence-corrected chi connectivity index (χ4v) is 4.25. The smallest absolute Gasteiger partial charge is 0.297 e. The fourth-order valence-electron chi connectivity index (χ4n) is 4.25. The van der Waals surface area contributed by atoms with Gasteiger partial charge in [0, 0.05) is 37.9 Å². The standard InChI is InChI=1S/C25H24FN5O2/c26-20-6-8-21(9-7-20)30-15-12-24(28-30)31(25(32)23-16-27-18-33-23)22-10-13-29(14-11-22)17-19-4-2-1-3-5-19/h1-9,12,15-16,18,22H,10-11,13-14,17H2. The van der Waals surface area contributed by atoms with Crippen molar-refractivity contribution < 1.29 is 13.6 Å². The number of halogens is 1. The van der Waals surface area contributed by atoms with Gasteiger partial charge in [0.1, 0.15) is 5.82 Å². The summed E-state index contributed by atoms with van der Waals surface area (Å²) in [5, 5.41) is 4.63. The van der Waals surface area contributed by atoms with Gasteiger partial charge in [-0.1, -0.05) is 30.3 Å². The van der Waals surface area contributed by atoms with Crippen LogP contribution in [0, 0.1) is 5.82 Å². The molecule has 0 aliphatic carbocycles. The van der Waals surface area contributed by atoms with E-state index in [2.05, 4.69) is 39.2 Å². The predicted octanol–water partition coefficient (Wildman–Crippen LogP) is 4.31. The zero-order chi connectivity index (χ0) is 22.6. The van der Waals surface area contributed by atoms with E-state index in [9.17, 15) is 9.18 Å². The number of piperidine rings is 1. The SMILES string of the molecule is O=C(c1cnco1)N(c1ccn(-c2ccc(F)cc2)n1)C1CCN(Cc2ccccc2)CC1. The summed E-state index contributed by atoms with van der Waals surface area (Å²) in [4.78, 5) is 21.4. The average molecular weight is 445 g/mol. The van der Waals surface area contributed by atoms with Gasteiger partial charge in [0.05, 0.1) is 11.9 Å². The van der Waals surface area contributed by atoms with Crippen molar-refractivity contribution in [2.24, 2.45) is 0 Å². The second-order valence-electron chi connectivity index (χ2n) is 8.13. The summed E-state index contributed by atoms with van der Waals surface area (Å²) in [7, 11) is 0. The number of anilines is 1. The number of rotatable bonds is 6. The lowest BCUT2D eigenvalue weighted by molar-refractivity contribution is 0.0930. The van der Waals surface area contributed by atoms with Crippen molar-refractivity contribution in [2.45, 2.75) is 25.4 Å². The van der Waals surface area contributed by atoms with Gasteiger partial charge in [-0.05, 0) is 42.7 Å². The molecule has 0 spiro atoms. The Labute approximate surface area is 191 Å². The van der Waals surface area contributed by atoms with Crippen LogP contribution in [0.4, 0.5) is 10.2 Å². The van der Waals surface area contributed by atoms with Crippen LogP contribution in [0.3, 0.4) is 0 Å². The Hall–Kier alpha value is -3.78. The van der Waals surface area contributed by atoms with Gasteiger partial charge in [-0.25, -0.2) is 14.1 Å². The van der Waals surface area contributed by atoms with Crippen LogP contribution in [0.2, 0.25) is 0 Å². The fraction of sp³-hybridized carbons (Fsp3) is 0.240. The molecule has 1 fully saturated rings. The van der Waals surface area contributed by atoms with Crippen LogP contribution in [-0.2, 0) is 6.54 Å². The molecule has 4 aromatic rings. The number of hydrogen-bond donors (Lipinski definition) is 0. The van der Waals surface area contributed by atoms with Crippen molar-refractivity contribution in [2.75, 3.05) is 18.0 Å². The summed E-state index contributed by atoms with van der Waals surface area (Å²) in [5.41, 5.74) is 2.00. The summed E-state index contributed by atoms with van der Waals surface area (Å²) in [5.74, 6) is 0.133. The first-order chi connectivity index (χ1) is 16.2. The number of oxazole rings is 1. The lowest BCUT2D eigenvalue weighted by atomic mass is 10.0. The number of carbonyl (C=O) groups is 1. The number of carbonyl (C=O) groups excluding carboxylic acids is 1. The molecule has 3 heterocycles. The largest absolute Gasteiger partial charge is 0.438 e. The summed E-state index contributed by atoms with van der Waals surface area (Å²) in [6, 6.07) is 18.2. The first kappa shape index (κ1) is 21.1. The van der Waals surface area contributed by atoms with E-state index in [0.717, 1.165) is 32.5 Å². The van der Waals surface area contributed by atoms with Gasteiger partial charge in [0.2, 0.25) is 5.76 Å². The van der Waals surface area contributed by atoms with Crippen LogP contribution in [0.5, 0.6) is 0 Å². The van der Waals surface area contributed by atoms with Gasteiger partial charge < -0.3 is 4.42 Å². The maximum absolute atomic E-state index is 13.3. The van der Waals surface area contributed by atoms with E-state index in [0.29, 0.717) is 11.5 Å². The summed E-state index contributed by atoms with van der Waals surface area (Å²) in [6.07, 6.45) is 6.09. The molecule has 0 N–H and O–H groups in total. The normalized spacial score (nSPS) is 14.9. The molecule has 1 amide bonds. The van der Waals surface area contributed by atoms with E-state index in [1.54, 1.807) is 34.0 Å². The zero-order valence-corrected chi connectivity index (χ0v) is 18.0. The van der Waals surface area contributed by atoms with Gasteiger partial charge in [-0.3, -0.25) is 14.6 Å². The Morgan fingerprint density at radius 1 is 1.06 bits per heavy atom. The van der Waals surface area contributed by atoms with E-state index in [1.165, 1.54) is 30.3 Å². The highest BCUT2D eigenvalue weighted by Gasteiger charge is 2.32. The molecule has 8 heteroatoms. The summed E-state index contributed by atoms with van der Waals surface area (Å²) in [6.45, 7) is 2.64. The second kappa shape index (κ2) is 9.38. The molecule has 0 bridgehead atoms. The number of benzene rings is 2. The van der Waals surface area contributed by atoms with Crippen molar-refractivity contribution in [1.29, 1.82) is 0 Å². The average Bonchev–Trinajstić information content (AvgIpc) is 3.55. The molecule has 7 nitrogen and oxygen atoms in total. The number of likely N-dealkylation sites (tertiary alicyclic amines) is 1. The minimum absolute atomic E-state index is 0.0220. The summed E-state index contributed by atoms with van der Waals surface area (Å²) < 4.78 is 20.3. The van der Waals surface area contributed by atoms with Gasteiger partial charge in [0.25, 0.3) is 5.91 Å². The number of amides is 1. The maximum Gasteiger partial charge on any atom is 0.297 e. The van der Waals surface area contributed by atoms with Crippen molar-refractivity contribution in [3.63, 3.8) is 0 Å². The Kier molecular flexibility index (Phi) is 5.99. The molecule has 168 valence electrons. The molecular formula is C25H24FN5O2. The van der Waals surface area contributed by atoms with E-state index >= 15 is 0 Å². The van der Waals surface area contributed by atoms with E-state index in [1.807, 2.05) is 6.07 Å². The molecule has 0 radical (unpaired) electrons. The first-order valence-electron chi connectivity index (χ1n) is 11.0. The molecule has 0 saturated carbocycles. The van der Waals surface area contributed by atoms with Crippen LogP contribution in [0.1, 0.15) is 29.0 Å². The van der Waals surface area contributed by atoms with Crippen LogP contribution in [0.15, 0.2) is 83.9 Å². The molecule has 1 aliphatic rings. The number of hydrogen-bond acceptors (Lipinski definition) is 5. The highest BCUT2D eigenvalue weighted by molar-refractivity contribution is 6.03. The van der Waals surface area contributed by atoms with Crippen molar-refractivity contribution in [3.05, 3.63) is 96.6 Å². The van der Waals surface area contributed by atoms with Crippen molar-refractivity contribution in [3.8, 4) is 5.69 Å². The number of nitrogens with zero attached hydrogens (tertiary/aromatic N) is 5. The predicted molar refractivity (Wildman–Crippen MR) is 122 cm³/mol. The Morgan fingerprint density at radius 3 is 2.52 bits per heavy atom. The van der Waals surface area contributed by atoms with Gasteiger partial charge >= 0.3 is 0 Å². The Bertz CT molecular complexity index is 1180. The molecule has 0 atom stereocenters. The molecule has 1 aliphatic heterocycles. The monoisotopic (exact) mass is 445 g/mol. The van der Waals surface area contributed by atoms with Gasteiger partial charge in [-0.2, -0.15) is 0 Å². The minimum Gasteiger partial charge on any atom is -0.438 e.